The summed E-state index contributed by atoms with van der Waals surface area (Å²) in [4.78, 5) is 16.6. The van der Waals surface area contributed by atoms with Crippen molar-refractivity contribution in [1.29, 1.82) is 0 Å². The monoisotopic (exact) mass is 512 g/mol. The van der Waals surface area contributed by atoms with Crippen molar-refractivity contribution in [2.24, 2.45) is 4.99 Å². The van der Waals surface area contributed by atoms with Gasteiger partial charge in [-0.2, -0.15) is 5.10 Å². The van der Waals surface area contributed by atoms with Crippen LogP contribution >= 0.6 is 24.0 Å². The van der Waals surface area contributed by atoms with Crippen molar-refractivity contribution in [2.45, 2.75) is 47.1 Å². The molecule has 0 aliphatic carbocycles. The first-order valence-corrected chi connectivity index (χ1v) is 9.93. The van der Waals surface area contributed by atoms with Crippen LogP contribution in [0.4, 0.5) is 5.69 Å². The number of aromatic nitrogens is 2. The lowest BCUT2D eigenvalue weighted by Crippen LogP contribution is -2.38. The van der Waals surface area contributed by atoms with Crippen molar-refractivity contribution in [3.05, 3.63) is 47.3 Å². The SMILES string of the molecule is CCNC(=NCC(=O)Nc1cccc(CC)c1)NCCCn1nc(C)cc1C.I. The molecule has 8 heteroatoms. The molecule has 1 amide bonds. The third-order valence-corrected chi connectivity index (χ3v) is 4.29. The zero-order chi connectivity index (χ0) is 20.4. The van der Waals surface area contributed by atoms with Crippen molar-refractivity contribution >= 4 is 41.5 Å². The number of hydrogen-bond donors (Lipinski definition) is 3. The fourth-order valence-corrected chi connectivity index (χ4v) is 2.90. The summed E-state index contributed by atoms with van der Waals surface area (Å²) < 4.78 is 2.01. The van der Waals surface area contributed by atoms with E-state index in [4.69, 9.17) is 0 Å². The van der Waals surface area contributed by atoms with E-state index in [1.807, 2.05) is 42.8 Å². The predicted octanol–water partition coefficient (Wildman–Crippen LogP) is 3.26. The van der Waals surface area contributed by atoms with Crippen LogP contribution < -0.4 is 16.0 Å². The quantitative estimate of drug-likeness (QED) is 0.209. The first-order valence-electron chi connectivity index (χ1n) is 9.93. The van der Waals surface area contributed by atoms with Crippen LogP contribution in [0.5, 0.6) is 0 Å². The van der Waals surface area contributed by atoms with Gasteiger partial charge in [-0.25, -0.2) is 4.99 Å². The van der Waals surface area contributed by atoms with Crippen LogP contribution in [0.25, 0.3) is 0 Å². The topological polar surface area (TPSA) is 83.3 Å². The molecule has 0 unspecified atom stereocenters. The van der Waals surface area contributed by atoms with E-state index in [1.54, 1.807) is 0 Å². The summed E-state index contributed by atoms with van der Waals surface area (Å²) in [5.74, 6) is 0.515. The van der Waals surface area contributed by atoms with E-state index in [0.717, 1.165) is 43.9 Å². The zero-order valence-corrected chi connectivity index (χ0v) is 20.1. The van der Waals surface area contributed by atoms with Crippen molar-refractivity contribution in [3.8, 4) is 0 Å². The highest BCUT2D eigenvalue weighted by Crippen LogP contribution is 2.10. The number of carbonyl (C=O) groups is 1. The molecule has 0 bridgehead atoms. The lowest BCUT2D eigenvalue weighted by Gasteiger charge is -2.12. The number of anilines is 1. The fraction of sp³-hybridized carbons (Fsp3) is 0.476. The summed E-state index contributed by atoms with van der Waals surface area (Å²) in [6.45, 7) is 10.6. The molecule has 1 aromatic heterocycles. The molecule has 1 heterocycles. The molecule has 0 saturated heterocycles. The summed E-state index contributed by atoms with van der Waals surface area (Å²) in [5, 5.41) is 13.8. The molecule has 0 fully saturated rings. The van der Waals surface area contributed by atoms with Gasteiger partial charge in [-0.15, -0.1) is 24.0 Å². The smallest absolute Gasteiger partial charge is 0.246 e. The summed E-state index contributed by atoms with van der Waals surface area (Å²) in [6.07, 6.45) is 1.86. The van der Waals surface area contributed by atoms with E-state index in [1.165, 1.54) is 11.3 Å². The van der Waals surface area contributed by atoms with Gasteiger partial charge in [0.05, 0.1) is 5.69 Å². The Labute approximate surface area is 190 Å². The largest absolute Gasteiger partial charge is 0.357 e. The van der Waals surface area contributed by atoms with Gasteiger partial charge in [-0.1, -0.05) is 19.1 Å². The van der Waals surface area contributed by atoms with Gasteiger partial charge in [0.15, 0.2) is 5.96 Å². The van der Waals surface area contributed by atoms with Crippen molar-refractivity contribution in [3.63, 3.8) is 0 Å². The van der Waals surface area contributed by atoms with Crippen molar-refractivity contribution in [1.82, 2.24) is 20.4 Å². The van der Waals surface area contributed by atoms with E-state index in [-0.39, 0.29) is 36.4 Å². The molecular formula is C21H33IN6O. The molecule has 0 aliphatic heterocycles. The second kappa shape index (κ2) is 13.2. The Kier molecular flexibility index (Phi) is 11.3. The predicted molar refractivity (Wildman–Crippen MR) is 130 cm³/mol. The lowest BCUT2D eigenvalue weighted by molar-refractivity contribution is -0.114. The number of nitrogens with zero attached hydrogens (tertiary/aromatic N) is 3. The molecule has 0 spiro atoms. The molecule has 1 aromatic carbocycles. The van der Waals surface area contributed by atoms with Gasteiger partial charge in [0, 0.05) is 31.0 Å². The Hall–Kier alpha value is -2.10. The standard InChI is InChI=1S/C21H32N6O.HI/c1-5-18-9-7-10-19(14-18)25-20(28)15-24-21(22-6-2)23-11-8-12-27-17(4)13-16(3)26-27;/h7,9-10,13-14H,5-6,8,11-12,15H2,1-4H3,(H,25,28)(H2,22,23,24);1H. The highest BCUT2D eigenvalue weighted by molar-refractivity contribution is 14.0. The molecule has 0 aliphatic rings. The van der Waals surface area contributed by atoms with Gasteiger partial charge in [0.1, 0.15) is 6.54 Å². The Balaban J connectivity index is 0.00000420. The van der Waals surface area contributed by atoms with Crippen LogP contribution in [0.1, 0.15) is 37.2 Å². The number of aryl methyl sites for hydroxylation is 4. The van der Waals surface area contributed by atoms with Crippen LogP contribution in [-0.4, -0.2) is 41.3 Å². The lowest BCUT2D eigenvalue weighted by atomic mass is 10.1. The molecule has 0 atom stereocenters. The number of rotatable bonds is 9. The Morgan fingerprint density at radius 3 is 2.62 bits per heavy atom. The number of halogens is 1. The van der Waals surface area contributed by atoms with E-state index in [0.29, 0.717) is 5.96 Å². The average Bonchev–Trinajstić information content (AvgIpc) is 3.00. The van der Waals surface area contributed by atoms with E-state index in [2.05, 4.69) is 46.0 Å². The van der Waals surface area contributed by atoms with Crippen molar-refractivity contribution in [2.75, 3.05) is 25.0 Å². The summed E-state index contributed by atoms with van der Waals surface area (Å²) in [7, 11) is 0. The number of amides is 1. The minimum atomic E-state index is -0.131. The number of guanidine groups is 1. The van der Waals surface area contributed by atoms with Gasteiger partial charge in [-0.3, -0.25) is 9.48 Å². The highest BCUT2D eigenvalue weighted by atomic mass is 127. The molecule has 0 saturated carbocycles. The zero-order valence-electron chi connectivity index (χ0n) is 17.8. The Morgan fingerprint density at radius 2 is 1.97 bits per heavy atom. The van der Waals surface area contributed by atoms with Gasteiger partial charge in [0.2, 0.25) is 5.91 Å². The number of aliphatic imine (C=N–C) groups is 1. The maximum atomic E-state index is 12.2. The molecule has 29 heavy (non-hydrogen) atoms. The maximum Gasteiger partial charge on any atom is 0.246 e. The summed E-state index contributed by atoms with van der Waals surface area (Å²) in [5.41, 5.74) is 4.21. The molecule has 0 radical (unpaired) electrons. The number of carbonyl (C=O) groups excluding carboxylic acids is 1. The van der Waals surface area contributed by atoms with E-state index in [9.17, 15) is 4.79 Å². The molecule has 2 aromatic rings. The van der Waals surface area contributed by atoms with Gasteiger partial charge < -0.3 is 16.0 Å². The molecular weight excluding hydrogens is 479 g/mol. The molecule has 3 N–H and O–H groups in total. The summed E-state index contributed by atoms with van der Waals surface area (Å²) in [6, 6.07) is 9.96. The number of nitrogens with one attached hydrogen (secondary N) is 3. The average molecular weight is 512 g/mol. The minimum Gasteiger partial charge on any atom is -0.357 e. The van der Waals surface area contributed by atoms with Crippen LogP contribution in [0.2, 0.25) is 0 Å². The second-order valence-electron chi connectivity index (χ2n) is 6.73. The minimum absolute atomic E-state index is 0. The van der Waals surface area contributed by atoms with E-state index < -0.39 is 0 Å². The first-order chi connectivity index (χ1) is 13.5. The van der Waals surface area contributed by atoms with Gasteiger partial charge in [-0.05, 0) is 57.4 Å². The first kappa shape index (κ1) is 24.9. The van der Waals surface area contributed by atoms with Crippen molar-refractivity contribution < 1.29 is 4.79 Å². The second-order valence-corrected chi connectivity index (χ2v) is 6.73. The third-order valence-electron chi connectivity index (χ3n) is 4.29. The Morgan fingerprint density at radius 1 is 1.17 bits per heavy atom. The molecule has 160 valence electrons. The number of benzene rings is 1. The highest BCUT2D eigenvalue weighted by Gasteiger charge is 2.04. The summed E-state index contributed by atoms with van der Waals surface area (Å²) >= 11 is 0. The molecule has 7 nitrogen and oxygen atoms in total. The van der Waals surface area contributed by atoms with Crippen LogP contribution in [-0.2, 0) is 17.8 Å². The van der Waals surface area contributed by atoms with Crippen LogP contribution in [0.3, 0.4) is 0 Å². The third kappa shape index (κ3) is 8.84. The number of hydrogen-bond acceptors (Lipinski definition) is 3. The van der Waals surface area contributed by atoms with Crippen LogP contribution in [0.15, 0.2) is 35.3 Å². The van der Waals surface area contributed by atoms with Crippen LogP contribution in [0, 0.1) is 13.8 Å². The molecule has 2 rings (SSSR count). The van der Waals surface area contributed by atoms with Gasteiger partial charge >= 0.3 is 0 Å². The van der Waals surface area contributed by atoms with E-state index >= 15 is 0 Å². The Bertz CT molecular complexity index is 802. The van der Waals surface area contributed by atoms with Gasteiger partial charge in [0.25, 0.3) is 0 Å². The maximum absolute atomic E-state index is 12.2. The normalized spacial score (nSPS) is 11.0. The fourth-order valence-electron chi connectivity index (χ4n) is 2.90.